The van der Waals surface area contributed by atoms with E-state index < -0.39 is 23.9 Å². The maximum atomic E-state index is 12.8. The summed E-state index contributed by atoms with van der Waals surface area (Å²) in [6.07, 6.45) is 2.29. The molecule has 4 atom stereocenters. The quantitative estimate of drug-likeness (QED) is 0.712. The number of amides is 1. The zero-order chi connectivity index (χ0) is 21.9. The van der Waals surface area contributed by atoms with Crippen LogP contribution in [0.5, 0.6) is 0 Å². The first-order chi connectivity index (χ1) is 14.2. The first kappa shape index (κ1) is 21.8. The summed E-state index contributed by atoms with van der Waals surface area (Å²) in [6, 6.07) is 2.01. The Morgan fingerprint density at radius 1 is 1.20 bits per heavy atom. The van der Waals surface area contributed by atoms with Crippen LogP contribution in [0, 0.1) is 11.8 Å². The van der Waals surface area contributed by atoms with E-state index in [1.807, 2.05) is 10.8 Å². The van der Waals surface area contributed by atoms with Gasteiger partial charge >= 0.3 is 6.18 Å². The number of aliphatic hydroxyl groups is 1. The predicted octanol–water partition coefficient (Wildman–Crippen LogP) is 2.08. The van der Waals surface area contributed by atoms with Gasteiger partial charge in [-0.05, 0) is 36.8 Å². The van der Waals surface area contributed by atoms with Gasteiger partial charge in [0.25, 0.3) is 12.4 Å². The molecule has 11 heteroatoms. The van der Waals surface area contributed by atoms with Crippen molar-refractivity contribution < 1.29 is 33.0 Å². The molecule has 1 saturated carbocycles. The maximum absolute atomic E-state index is 12.8. The van der Waals surface area contributed by atoms with Gasteiger partial charge in [-0.15, -0.1) is 0 Å². The monoisotopic (exact) mass is 426 g/mol. The second-order valence-corrected chi connectivity index (χ2v) is 7.38. The molecule has 4 rings (SSSR count). The number of halogens is 3. The van der Waals surface area contributed by atoms with Crippen LogP contribution in [0.1, 0.15) is 34.9 Å². The van der Waals surface area contributed by atoms with Gasteiger partial charge in [-0.3, -0.25) is 14.6 Å². The van der Waals surface area contributed by atoms with Crippen molar-refractivity contribution in [1.29, 1.82) is 0 Å². The highest BCUT2D eigenvalue weighted by atomic mass is 19.4. The highest BCUT2D eigenvalue weighted by Gasteiger charge is 2.43. The van der Waals surface area contributed by atoms with Crippen molar-refractivity contribution in [2.75, 3.05) is 13.1 Å². The fraction of sp³-hybridized carbons (Fsp3) is 0.474. The van der Waals surface area contributed by atoms with Crippen LogP contribution in [0.3, 0.4) is 0 Å². The van der Waals surface area contributed by atoms with Gasteiger partial charge in [-0.2, -0.15) is 13.2 Å². The number of alkyl halides is 3. The number of aromatic nitrogens is 3. The summed E-state index contributed by atoms with van der Waals surface area (Å²) in [6.45, 7) is 0.673. The van der Waals surface area contributed by atoms with E-state index in [0.717, 1.165) is 12.3 Å². The van der Waals surface area contributed by atoms with E-state index >= 15 is 0 Å². The molecule has 2 aromatic rings. The molecule has 0 radical (unpaired) electrons. The predicted molar refractivity (Wildman–Crippen MR) is 97.3 cm³/mol. The van der Waals surface area contributed by atoms with Crippen molar-refractivity contribution in [3.63, 3.8) is 0 Å². The van der Waals surface area contributed by atoms with Crippen molar-refractivity contribution in [2.24, 2.45) is 11.8 Å². The third-order valence-electron chi connectivity index (χ3n) is 5.60. The third kappa shape index (κ3) is 4.61. The number of fused-ring (bicyclic) bond motifs is 1. The molecule has 0 unspecified atom stereocenters. The van der Waals surface area contributed by atoms with Crippen LogP contribution in [0.2, 0.25) is 0 Å². The summed E-state index contributed by atoms with van der Waals surface area (Å²) in [5.74, 6) is -0.0766. The standard InChI is InChI=1S/C18H19F3N4O2.CH2O2/c19-18(20,21)16-7-11(1-2-23-16)17(27)25-8-12-5-14(24-4-3-22-10-24)15(26)6-13(12)9-25;2-1-3/h1-4,7,10,12-15,26H,5-6,8-9H2;1H,(H,2,3)/t12-,13+,14-,15-;/m1./s1. The van der Waals surface area contributed by atoms with Crippen LogP contribution in [0.15, 0.2) is 37.1 Å². The summed E-state index contributed by atoms with van der Waals surface area (Å²) in [4.78, 5) is 30.0. The number of likely N-dealkylation sites (tertiary alicyclic amines) is 1. The average molecular weight is 426 g/mol. The van der Waals surface area contributed by atoms with Gasteiger partial charge in [-0.25, -0.2) is 4.98 Å². The maximum Gasteiger partial charge on any atom is 0.433 e. The van der Waals surface area contributed by atoms with E-state index in [0.29, 0.717) is 25.9 Å². The van der Waals surface area contributed by atoms with E-state index in [2.05, 4.69) is 9.97 Å². The number of hydrogen-bond donors (Lipinski definition) is 2. The molecule has 2 aromatic heterocycles. The number of carbonyl (C=O) groups is 2. The molecule has 0 aromatic carbocycles. The normalized spacial score (nSPS) is 25.8. The molecule has 162 valence electrons. The minimum atomic E-state index is -4.59. The Morgan fingerprint density at radius 3 is 2.47 bits per heavy atom. The SMILES string of the molecule is O=C(c1ccnc(C(F)(F)F)c1)N1C[C@H]2C[C@@H](n3ccnc3)[C@H](O)C[C@H]2C1.O=CO. The lowest BCUT2D eigenvalue weighted by molar-refractivity contribution is -0.141. The van der Waals surface area contributed by atoms with Crippen molar-refractivity contribution in [1.82, 2.24) is 19.4 Å². The number of pyridine rings is 1. The van der Waals surface area contributed by atoms with E-state index in [9.17, 15) is 23.1 Å². The number of hydrogen-bond acceptors (Lipinski definition) is 5. The number of aliphatic hydroxyl groups excluding tert-OH is 1. The van der Waals surface area contributed by atoms with E-state index in [1.165, 1.54) is 6.07 Å². The van der Waals surface area contributed by atoms with Crippen LogP contribution < -0.4 is 0 Å². The average Bonchev–Trinajstić information content (AvgIpc) is 3.36. The van der Waals surface area contributed by atoms with Gasteiger partial charge in [0.2, 0.25) is 0 Å². The number of carbonyl (C=O) groups excluding carboxylic acids is 1. The highest BCUT2D eigenvalue weighted by Crippen LogP contribution is 2.41. The fourth-order valence-electron chi connectivity index (χ4n) is 4.26. The highest BCUT2D eigenvalue weighted by molar-refractivity contribution is 5.94. The van der Waals surface area contributed by atoms with Crippen LogP contribution in [-0.2, 0) is 11.0 Å². The van der Waals surface area contributed by atoms with Gasteiger partial charge in [-0.1, -0.05) is 0 Å². The van der Waals surface area contributed by atoms with Gasteiger partial charge in [0.15, 0.2) is 0 Å². The fourth-order valence-corrected chi connectivity index (χ4v) is 4.26. The van der Waals surface area contributed by atoms with Crippen molar-refractivity contribution in [2.45, 2.75) is 31.2 Å². The Hall–Kier alpha value is -2.95. The molecule has 2 N–H and O–H groups in total. The largest absolute Gasteiger partial charge is 0.483 e. The van der Waals surface area contributed by atoms with E-state index in [4.69, 9.17) is 9.90 Å². The first-order valence-corrected chi connectivity index (χ1v) is 9.30. The molecule has 2 aliphatic rings. The lowest BCUT2D eigenvalue weighted by atomic mass is 9.77. The Kier molecular flexibility index (Phi) is 6.40. The summed E-state index contributed by atoms with van der Waals surface area (Å²) < 4.78 is 40.4. The number of imidazole rings is 1. The van der Waals surface area contributed by atoms with Gasteiger partial charge in [0.1, 0.15) is 5.69 Å². The number of carboxylic acid groups (broad SMARTS) is 1. The molecule has 3 heterocycles. The molecule has 1 amide bonds. The van der Waals surface area contributed by atoms with Gasteiger partial charge < -0.3 is 19.7 Å². The molecule has 8 nitrogen and oxygen atoms in total. The molecular formula is C19H21F3N4O4. The summed E-state index contributed by atoms with van der Waals surface area (Å²) in [5.41, 5.74) is -1.08. The Labute approximate surface area is 170 Å². The van der Waals surface area contributed by atoms with Crippen molar-refractivity contribution in [3.8, 4) is 0 Å². The van der Waals surface area contributed by atoms with Gasteiger partial charge in [0.05, 0.1) is 18.5 Å². The van der Waals surface area contributed by atoms with Gasteiger partial charge in [0, 0.05) is 37.2 Å². The Bertz CT molecular complexity index is 875. The Balaban J connectivity index is 0.000000806. The zero-order valence-electron chi connectivity index (χ0n) is 15.8. The molecular weight excluding hydrogens is 405 g/mol. The van der Waals surface area contributed by atoms with E-state index in [-0.39, 0.29) is 29.9 Å². The summed E-state index contributed by atoms with van der Waals surface area (Å²) in [5, 5.41) is 17.4. The molecule has 0 bridgehead atoms. The molecule has 1 saturated heterocycles. The van der Waals surface area contributed by atoms with Crippen LogP contribution in [0.4, 0.5) is 13.2 Å². The van der Waals surface area contributed by atoms with Crippen LogP contribution >= 0.6 is 0 Å². The minimum Gasteiger partial charge on any atom is -0.483 e. The molecule has 0 spiro atoms. The topological polar surface area (TPSA) is 109 Å². The Morgan fingerprint density at radius 2 is 1.87 bits per heavy atom. The molecule has 1 aliphatic heterocycles. The molecule has 1 aliphatic carbocycles. The number of rotatable bonds is 2. The summed E-state index contributed by atoms with van der Waals surface area (Å²) >= 11 is 0. The van der Waals surface area contributed by atoms with Crippen LogP contribution in [0.25, 0.3) is 0 Å². The zero-order valence-corrected chi connectivity index (χ0v) is 15.8. The van der Waals surface area contributed by atoms with Crippen molar-refractivity contribution in [3.05, 3.63) is 48.3 Å². The molecule has 30 heavy (non-hydrogen) atoms. The lowest BCUT2D eigenvalue weighted by Crippen LogP contribution is -2.35. The molecule has 2 fully saturated rings. The number of nitrogens with zero attached hydrogens (tertiary/aromatic N) is 4. The van der Waals surface area contributed by atoms with E-state index in [1.54, 1.807) is 17.4 Å². The first-order valence-electron chi connectivity index (χ1n) is 9.30. The summed E-state index contributed by atoms with van der Waals surface area (Å²) in [7, 11) is 0. The van der Waals surface area contributed by atoms with Crippen LogP contribution in [-0.4, -0.2) is 61.2 Å². The second-order valence-electron chi connectivity index (χ2n) is 7.38. The minimum absolute atomic E-state index is 0.0114. The smallest absolute Gasteiger partial charge is 0.433 e. The second kappa shape index (κ2) is 8.82. The van der Waals surface area contributed by atoms with Crippen molar-refractivity contribution >= 4 is 12.4 Å². The third-order valence-corrected chi connectivity index (χ3v) is 5.60. The lowest BCUT2D eigenvalue weighted by Gasteiger charge is -2.35.